The molecule has 7 heteroatoms. The van der Waals surface area contributed by atoms with Gasteiger partial charge >= 0.3 is 0 Å². The molecular formula is C15H14ClN3O2S. The topological polar surface area (TPSA) is 56.1 Å². The number of nitrogens with zero attached hydrogens (tertiary/aromatic N) is 2. The standard InChI is InChI=1S/C15H14ClN3O2S/c1-8-10-7-13(22-15(10)19(2)18-8)14(20)17-12-5-4-9(21-3)6-11(12)16/h4-7H,1-3H3,(H,17,20). The summed E-state index contributed by atoms with van der Waals surface area (Å²) in [6, 6.07) is 6.99. The highest BCUT2D eigenvalue weighted by Crippen LogP contribution is 2.30. The summed E-state index contributed by atoms with van der Waals surface area (Å²) in [5, 5.41) is 8.59. The van der Waals surface area contributed by atoms with Crippen LogP contribution in [0, 0.1) is 6.92 Å². The molecule has 2 heterocycles. The average molecular weight is 336 g/mol. The average Bonchev–Trinajstić information content (AvgIpc) is 3.03. The number of carbonyl (C=O) groups excluding carboxylic acids is 1. The van der Waals surface area contributed by atoms with Gasteiger partial charge < -0.3 is 10.1 Å². The molecule has 0 spiro atoms. The van der Waals surface area contributed by atoms with Gasteiger partial charge in [0.05, 0.1) is 28.4 Å². The van der Waals surface area contributed by atoms with Crippen LogP contribution in [-0.4, -0.2) is 22.8 Å². The highest BCUT2D eigenvalue weighted by molar-refractivity contribution is 7.20. The number of aryl methyl sites for hydroxylation is 2. The van der Waals surface area contributed by atoms with Crippen LogP contribution in [-0.2, 0) is 7.05 Å². The molecule has 0 aliphatic heterocycles. The minimum atomic E-state index is -0.187. The van der Waals surface area contributed by atoms with Gasteiger partial charge in [0, 0.05) is 18.5 Å². The van der Waals surface area contributed by atoms with E-state index in [2.05, 4.69) is 10.4 Å². The number of nitrogens with one attached hydrogen (secondary N) is 1. The lowest BCUT2D eigenvalue weighted by Crippen LogP contribution is -2.10. The summed E-state index contributed by atoms with van der Waals surface area (Å²) in [5.74, 6) is 0.458. The van der Waals surface area contributed by atoms with E-state index in [0.717, 1.165) is 15.9 Å². The molecule has 1 N–H and O–H groups in total. The Balaban J connectivity index is 1.88. The lowest BCUT2D eigenvalue weighted by Gasteiger charge is -2.07. The van der Waals surface area contributed by atoms with Crippen molar-refractivity contribution in [2.24, 2.45) is 7.05 Å². The zero-order valence-electron chi connectivity index (χ0n) is 12.3. The quantitative estimate of drug-likeness (QED) is 0.790. The summed E-state index contributed by atoms with van der Waals surface area (Å²) in [7, 11) is 3.44. The first kappa shape index (κ1) is 14.9. The smallest absolute Gasteiger partial charge is 0.265 e. The van der Waals surface area contributed by atoms with Crippen LogP contribution >= 0.6 is 22.9 Å². The first-order valence-electron chi connectivity index (χ1n) is 6.57. The lowest BCUT2D eigenvalue weighted by atomic mass is 10.2. The van der Waals surface area contributed by atoms with E-state index < -0.39 is 0 Å². The molecule has 1 aromatic carbocycles. The summed E-state index contributed by atoms with van der Waals surface area (Å²) in [5.41, 5.74) is 1.47. The van der Waals surface area contributed by atoms with Crippen molar-refractivity contribution in [1.29, 1.82) is 0 Å². The van der Waals surface area contributed by atoms with E-state index in [0.29, 0.717) is 21.3 Å². The van der Waals surface area contributed by atoms with Gasteiger partial charge in [-0.15, -0.1) is 11.3 Å². The van der Waals surface area contributed by atoms with Crippen LogP contribution in [0.2, 0.25) is 5.02 Å². The zero-order chi connectivity index (χ0) is 15.9. The second kappa shape index (κ2) is 5.62. The van der Waals surface area contributed by atoms with Gasteiger partial charge in [0.1, 0.15) is 10.6 Å². The molecular weight excluding hydrogens is 322 g/mol. The van der Waals surface area contributed by atoms with E-state index in [1.807, 2.05) is 20.0 Å². The van der Waals surface area contributed by atoms with Gasteiger partial charge in [-0.25, -0.2) is 0 Å². The Morgan fingerprint density at radius 1 is 1.41 bits per heavy atom. The van der Waals surface area contributed by atoms with E-state index in [9.17, 15) is 4.79 Å². The van der Waals surface area contributed by atoms with Crippen molar-refractivity contribution >= 4 is 44.7 Å². The molecule has 0 unspecified atom stereocenters. The van der Waals surface area contributed by atoms with Crippen LogP contribution in [0.3, 0.4) is 0 Å². The maximum absolute atomic E-state index is 12.4. The third kappa shape index (κ3) is 2.55. The van der Waals surface area contributed by atoms with E-state index in [4.69, 9.17) is 16.3 Å². The second-order valence-corrected chi connectivity index (χ2v) is 6.28. The molecule has 0 saturated heterocycles. The first-order valence-corrected chi connectivity index (χ1v) is 7.77. The molecule has 2 aromatic heterocycles. The summed E-state index contributed by atoms with van der Waals surface area (Å²) < 4.78 is 6.87. The number of hydrogen-bond donors (Lipinski definition) is 1. The summed E-state index contributed by atoms with van der Waals surface area (Å²) in [6.45, 7) is 1.93. The molecule has 0 atom stereocenters. The van der Waals surface area contributed by atoms with Gasteiger partial charge in [0.15, 0.2) is 0 Å². The highest BCUT2D eigenvalue weighted by atomic mass is 35.5. The van der Waals surface area contributed by atoms with Gasteiger partial charge in [0.2, 0.25) is 0 Å². The second-order valence-electron chi connectivity index (χ2n) is 4.84. The first-order chi connectivity index (χ1) is 10.5. The molecule has 0 saturated carbocycles. The molecule has 3 rings (SSSR count). The van der Waals surface area contributed by atoms with Gasteiger partial charge in [-0.3, -0.25) is 9.48 Å². The van der Waals surface area contributed by atoms with Crippen molar-refractivity contribution in [1.82, 2.24) is 9.78 Å². The number of thiophene rings is 1. The predicted molar refractivity (Wildman–Crippen MR) is 89.3 cm³/mol. The Kier molecular flexibility index (Phi) is 3.80. The zero-order valence-corrected chi connectivity index (χ0v) is 13.9. The maximum atomic E-state index is 12.4. The van der Waals surface area contributed by atoms with Crippen LogP contribution in [0.4, 0.5) is 5.69 Å². The number of carbonyl (C=O) groups is 1. The maximum Gasteiger partial charge on any atom is 0.265 e. The fourth-order valence-electron chi connectivity index (χ4n) is 2.23. The minimum absolute atomic E-state index is 0.187. The van der Waals surface area contributed by atoms with Gasteiger partial charge in [-0.1, -0.05) is 11.6 Å². The fraction of sp³-hybridized carbons (Fsp3) is 0.200. The van der Waals surface area contributed by atoms with Gasteiger partial charge in [-0.2, -0.15) is 5.10 Å². The Bertz CT molecular complexity index is 835. The number of fused-ring (bicyclic) bond motifs is 1. The van der Waals surface area contributed by atoms with Crippen molar-refractivity contribution in [3.05, 3.63) is 39.9 Å². The third-order valence-corrected chi connectivity index (χ3v) is 4.86. The normalized spacial score (nSPS) is 10.9. The number of benzene rings is 1. The molecule has 3 aromatic rings. The minimum Gasteiger partial charge on any atom is -0.497 e. The van der Waals surface area contributed by atoms with Crippen molar-refractivity contribution in [3.8, 4) is 5.75 Å². The third-order valence-electron chi connectivity index (χ3n) is 3.34. The van der Waals surface area contributed by atoms with E-state index in [-0.39, 0.29) is 5.91 Å². The van der Waals surface area contributed by atoms with Crippen molar-refractivity contribution in [3.63, 3.8) is 0 Å². The van der Waals surface area contributed by atoms with Crippen molar-refractivity contribution in [2.75, 3.05) is 12.4 Å². The van der Waals surface area contributed by atoms with Crippen LogP contribution in [0.15, 0.2) is 24.3 Å². The van der Waals surface area contributed by atoms with Crippen LogP contribution in [0.1, 0.15) is 15.4 Å². The Labute approximate surface area is 136 Å². The Hall–Kier alpha value is -2.05. The van der Waals surface area contributed by atoms with E-state index in [1.165, 1.54) is 11.3 Å². The number of halogens is 1. The number of methoxy groups -OCH3 is 1. The number of aromatic nitrogens is 2. The number of rotatable bonds is 3. The Morgan fingerprint density at radius 3 is 2.82 bits per heavy atom. The summed E-state index contributed by atoms with van der Waals surface area (Å²) >= 11 is 7.55. The molecule has 114 valence electrons. The van der Waals surface area contributed by atoms with Crippen LogP contribution < -0.4 is 10.1 Å². The number of hydrogen-bond acceptors (Lipinski definition) is 4. The Morgan fingerprint density at radius 2 is 2.18 bits per heavy atom. The number of amides is 1. The van der Waals surface area contributed by atoms with Gasteiger partial charge in [-0.05, 0) is 25.1 Å². The van der Waals surface area contributed by atoms with E-state index in [1.54, 1.807) is 30.0 Å². The molecule has 0 bridgehead atoms. The van der Waals surface area contributed by atoms with Crippen molar-refractivity contribution in [2.45, 2.75) is 6.92 Å². The SMILES string of the molecule is COc1ccc(NC(=O)c2cc3c(C)nn(C)c3s2)c(Cl)c1. The molecule has 0 fully saturated rings. The molecule has 1 amide bonds. The lowest BCUT2D eigenvalue weighted by molar-refractivity contribution is 0.103. The molecule has 5 nitrogen and oxygen atoms in total. The van der Waals surface area contributed by atoms with Crippen LogP contribution in [0.5, 0.6) is 5.75 Å². The van der Waals surface area contributed by atoms with Crippen LogP contribution in [0.25, 0.3) is 10.2 Å². The fourth-order valence-corrected chi connectivity index (χ4v) is 3.46. The number of ether oxygens (including phenoxy) is 1. The summed E-state index contributed by atoms with van der Waals surface area (Å²) in [6.07, 6.45) is 0. The van der Waals surface area contributed by atoms with Gasteiger partial charge in [0.25, 0.3) is 5.91 Å². The highest BCUT2D eigenvalue weighted by Gasteiger charge is 2.16. The van der Waals surface area contributed by atoms with Crippen molar-refractivity contribution < 1.29 is 9.53 Å². The largest absolute Gasteiger partial charge is 0.497 e. The molecule has 22 heavy (non-hydrogen) atoms. The molecule has 0 radical (unpaired) electrons. The molecule has 0 aliphatic rings. The number of anilines is 1. The predicted octanol–water partition coefficient (Wildman–Crippen LogP) is 3.86. The van der Waals surface area contributed by atoms with E-state index >= 15 is 0 Å². The monoisotopic (exact) mass is 335 g/mol. The molecule has 0 aliphatic carbocycles. The summed E-state index contributed by atoms with van der Waals surface area (Å²) in [4.78, 5) is 14.0.